The van der Waals surface area contributed by atoms with Crippen LogP contribution in [0.5, 0.6) is 5.75 Å². The number of carbonyl (C=O) groups is 1. The van der Waals surface area contributed by atoms with Gasteiger partial charge < -0.3 is 14.9 Å². The van der Waals surface area contributed by atoms with Crippen molar-refractivity contribution in [3.63, 3.8) is 0 Å². The van der Waals surface area contributed by atoms with Crippen LogP contribution in [0.1, 0.15) is 25.5 Å². The van der Waals surface area contributed by atoms with Crippen molar-refractivity contribution in [2.75, 3.05) is 0 Å². The summed E-state index contributed by atoms with van der Waals surface area (Å²) in [6, 6.07) is 3.84. The molecule has 0 saturated carbocycles. The molecule has 0 saturated heterocycles. The summed E-state index contributed by atoms with van der Waals surface area (Å²) in [5, 5.41) is 17.8. The van der Waals surface area contributed by atoms with E-state index in [9.17, 15) is 14.3 Å². The van der Waals surface area contributed by atoms with Crippen molar-refractivity contribution in [1.82, 2.24) is 0 Å². The number of aliphatic hydroxyl groups excluding tert-OH is 1. The van der Waals surface area contributed by atoms with Crippen molar-refractivity contribution in [2.24, 2.45) is 0 Å². The molecule has 0 aliphatic heterocycles. The van der Waals surface area contributed by atoms with Gasteiger partial charge in [-0.1, -0.05) is 0 Å². The Morgan fingerprint density at radius 3 is 2.50 bits per heavy atom. The molecule has 1 rings (SSSR count). The Kier molecular flexibility index (Phi) is 3.84. The molecule has 1 unspecified atom stereocenters. The van der Waals surface area contributed by atoms with Gasteiger partial charge in [-0.2, -0.15) is 0 Å². The third-order valence-electron chi connectivity index (χ3n) is 2.08. The molecule has 0 amide bonds. The number of halogens is 1. The molecule has 2 atom stereocenters. The number of rotatable bonds is 4. The molecule has 1 aromatic rings. The number of ether oxygens (including phenoxy) is 1. The fourth-order valence-corrected chi connectivity index (χ4v) is 1.17. The van der Waals surface area contributed by atoms with Gasteiger partial charge in [-0.25, -0.2) is 9.18 Å². The molecule has 4 nitrogen and oxygen atoms in total. The second kappa shape index (κ2) is 4.94. The lowest BCUT2D eigenvalue weighted by molar-refractivity contribution is -0.144. The Hall–Kier alpha value is -1.62. The van der Waals surface area contributed by atoms with Gasteiger partial charge in [0.15, 0.2) is 6.10 Å². The first-order valence-electron chi connectivity index (χ1n) is 4.78. The van der Waals surface area contributed by atoms with E-state index in [1.54, 1.807) is 0 Å². The van der Waals surface area contributed by atoms with Crippen LogP contribution in [-0.2, 0) is 4.79 Å². The summed E-state index contributed by atoms with van der Waals surface area (Å²) in [6.45, 7) is 2.79. The van der Waals surface area contributed by atoms with Crippen LogP contribution >= 0.6 is 0 Å². The van der Waals surface area contributed by atoms with Gasteiger partial charge in [0.2, 0.25) is 0 Å². The third kappa shape index (κ3) is 2.93. The number of carboxylic acids is 1. The highest BCUT2D eigenvalue weighted by Gasteiger charge is 2.14. The summed E-state index contributed by atoms with van der Waals surface area (Å²) < 4.78 is 18.3. The van der Waals surface area contributed by atoms with Gasteiger partial charge in [0.1, 0.15) is 11.6 Å². The van der Waals surface area contributed by atoms with Crippen LogP contribution in [0.4, 0.5) is 4.39 Å². The number of benzene rings is 1. The Morgan fingerprint density at radius 2 is 2.06 bits per heavy atom. The number of aliphatic hydroxyl groups is 1. The zero-order chi connectivity index (χ0) is 12.3. The third-order valence-corrected chi connectivity index (χ3v) is 2.08. The Morgan fingerprint density at radius 1 is 1.44 bits per heavy atom. The van der Waals surface area contributed by atoms with Crippen LogP contribution in [0.2, 0.25) is 0 Å². The molecule has 0 aliphatic carbocycles. The van der Waals surface area contributed by atoms with E-state index in [-0.39, 0.29) is 11.3 Å². The molecule has 1 aromatic carbocycles. The zero-order valence-corrected chi connectivity index (χ0v) is 8.98. The summed E-state index contributed by atoms with van der Waals surface area (Å²) in [5.41, 5.74) is 0.148. The topological polar surface area (TPSA) is 66.8 Å². The molecule has 0 aromatic heterocycles. The predicted molar refractivity (Wildman–Crippen MR) is 54.8 cm³/mol. The van der Waals surface area contributed by atoms with Crippen LogP contribution < -0.4 is 4.74 Å². The van der Waals surface area contributed by atoms with Crippen molar-refractivity contribution in [1.29, 1.82) is 0 Å². The Labute approximate surface area is 92.3 Å². The van der Waals surface area contributed by atoms with Gasteiger partial charge in [0.25, 0.3) is 0 Å². The van der Waals surface area contributed by atoms with Gasteiger partial charge in [0.05, 0.1) is 6.10 Å². The van der Waals surface area contributed by atoms with Crippen LogP contribution in [0.25, 0.3) is 0 Å². The molecule has 0 aliphatic rings. The monoisotopic (exact) mass is 228 g/mol. The maximum absolute atomic E-state index is 13.4. The van der Waals surface area contributed by atoms with Crippen LogP contribution in [0.15, 0.2) is 18.2 Å². The van der Waals surface area contributed by atoms with Crippen LogP contribution in [-0.4, -0.2) is 22.3 Å². The van der Waals surface area contributed by atoms with Gasteiger partial charge in [-0.3, -0.25) is 0 Å². The number of hydrogen-bond donors (Lipinski definition) is 2. The fourth-order valence-electron chi connectivity index (χ4n) is 1.17. The van der Waals surface area contributed by atoms with Crippen molar-refractivity contribution in [3.8, 4) is 5.75 Å². The largest absolute Gasteiger partial charge is 0.479 e. The average molecular weight is 228 g/mol. The summed E-state index contributed by atoms with van der Waals surface area (Å²) in [4.78, 5) is 10.5. The molecule has 0 radical (unpaired) electrons. The normalized spacial score (nSPS) is 14.2. The molecule has 0 bridgehead atoms. The second-order valence-corrected chi connectivity index (χ2v) is 3.46. The van der Waals surface area contributed by atoms with Gasteiger partial charge in [0, 0.05) is 11.6 Å². The Balaban J connectivity index is 2.85. The van der Waals surface area contributed by atoms with Gasteiger partial charge >= 0.3 is 5.97 Å². The smallest absolute Gasteiger partial charge is 0.344 e. The molecular formula is C11H13FO4. The van der Waals surface area contributed by atoms with E-state index in [0.717, 1.165) is 6.07 Å². The maximum atomic E-state index is 13.4. The molecule has 88 valence electrons. The molecule has 0 spiro atoms. The van der Waals surface area contributed by atoms with E-state index in [1.165, 1.54) is 26.0 Å². The lowest BCUT2D eigenvalue weighted by Crippen LogP contribution is -2.22. The van der Waals surface area contributed by atoms with E-state index in [4.69, 9.17) is 9.84 Å². The first kappa shape index (κ1) is 12.4. The molecule has 0 fully saturated rings. The fraction of sp³-hybridized carbons (Fsp3) is 0.364. The summed E-state index contributed by atoms with van der Waals surface area (Å²) in [5.74, 6) is -1.62. The number of hydrogen-bond acceptors (Lipinski definition) is 3. The van der Waals surface area contributed by atoms with Gasteiger partial charge in [-0.15, -0.1) is 0 Å². The first-order valence-corrected chi connectivity index (χ1v) is 4.78. The van der Waals surface area contributed by atoms with Crippen molar-refractivity contribution in [3.05, 3.63) is 29.6 Å². The van der Waals surface area contributed by atoms with Crippen molar-refractivity contribution in [2.45, 2.75) is 26.1 Å². The van der Waals surface area contributed by atoms with Crippen molar-refractivity contribution >= 4 is 5.97 Å². The van der Waals surface area contributed by atoms with E-state index >= 15 is 0 Å². The van der Waals surface area contributed by atoms with E-state index in [0.29, 0.717) is 0 Å². The molecule has 5 heteroatoms. The minimum atomic E-state index is -1.12. The van der Waals surface area contributed by atoms with Crippen molar-refractivity contribution < 1.29 is 24.1 Å². The highest BCUT2D eigenvalue weighted by atomic mass is 19.1. The Bertz CT molecular complexity index is 390. The maximum Gasteiger partial charge on any atom is 0.344 e. The predicted octanol–water partition coefficient (Wildman–Crippen LogP) is 1.73. The highest BCUT2D eigenvalue weighted by molar-refractivity contribution is 5.72. The summed E-state index contributed by atoms with van der Waals surface area (Å²) >= 11 is 0. The molecule has 0 heterocycles. The van der Waals surface area contributed by atoms with Gasteiger partial charge in [-0.05, 0) is 26.0 Å². The van der Waals surface area contributed by atoms with E-state index < -0.39 is 24.0 Å². The minimum absolute atomic E-state index is 0.122. The lowest BCUT2D eigenvalue weighted by atomic mass is 10.1. The van der Waals surface area contributed by atoms with Crippen LogP contribution in [0, 0.1) is 5.82 Å². The summed E-state index contributed by atoms with van der Waals surface area (Å²) in [6.07, 6.45) is -1.96. The first-order chi connectivity index (χ1) is 7.41. The standard InChI is InChI=1S/C11H13FO4/c1-6(13)9-4-3-8(5-10(9)12)16-7(2)11(14)15/h3-7,13H,1-2H3,(H,14,15)/t6-,7?/m0/s1. The highest BCUT2D eigenvalue weighted by Crippen LogP contribution is 2.22. The molecule has 2 N–H and O–H groups in total. The SMILES string of the molecule is CC(Oc1ccc([C@H](C)O)c(F)c1)C(=O)O. The van der Waals surface area contributed by atoms with Crippen LogP contribution in [0.3, 0.4) is 0 Å². The summed E-state index contributed by atoms with van der Waals surface area (Å²) in [7, 11) is 0. The average Bonchev–Trinajstić information content (AvgIpc) is 2.16. The lowest BCUT2D eigenvalue weighted by Gasteiger charge is -2.12. The molecule has 16 heavy (non-hydrogen) atoms. The quantitative estimate of drug-likeness (QED) is 0.823. The zero-order valence-electron chi connectivity index (χ0n) is 8.98. The number of carboxylic acid groups (broad SMARTS) is 1. The number of aliphatic carboxylic acids is 1. The minimum Gasteiger partial charge on any atom is -0.479 e. The molecular weight excluding hydrogens is 215 g/mol. The second-order valence-electron chi connectivity index (χ2n) is 3.46. The van der Waals surface area contributed by atoms with E-state index in [1.807, 2.05) is 0 Å². The van der Waals surface area contributed by atoms with E-state index in [2.05, 4.69) is 0 Å².